The minimum absolute atomic E-state index is 0.245. The summed E-state index contributed by atoms with van der Waals surface area (Å²) in [6.45, 7) is 2.05. The normalized spacial score (nSPS) is 23.3. The lowest BCUT2D eigenvalue weighted by atomic mass is 9.98. The molecule has 0 N–H and O–H groups in total. The first-order valence-electron chi connectivity index (χ1n) is 11.5. The highest BCUT2D eigenvalue weighted by Crippen LogP contribution is 2.37. The molecule has 1 fully saturated rings. The van der Waals surface area contributed by atoms with E-state index < -0.39 is 35.8 Å². The summed E-state index contributed by atoms with van der Waals surface area (Å²) in [5.41, 5.74) is 10.2. The fourth-order valence-corrected chi connectivity index (χ4v) is 5.12. The van der Waals surface area contributed by atoms with E-state index in [2.05, 4.69) is 10.0 Å². The summed E-state index contributed by atoms with van der Waals surface area (Å²) < 4.78 is 23.7. The molecule has 1 heterocycles. The summed E-state index contributed by atoms with van der Waals surface area (Å²) in [7, 11) is 1.61. The lowest BCUT2D eigenvalue weighted by Crippen LogP contribution is -2.57. The van der Waals surface area contributed by atoms with Crippen LogP contribution in [0.1, 0.15) is 22.8 Å². The van der Waals surface area contributed by atoms with Gasteiger partial charge >= 0.3 is 5.97 Å². The minimum Gasteiger partial charge on any atom is -0.497 e. The number of azide groups is 1. The number of thioether (sulfide) groups is 1. The van der Waals surface area contributed by atoms with E-state index >= 15 is 0 Å². The Balaban J connectivity index is 1.60. The van der Waals surface area contributed by atoms with E-state index in [0.29, 0.717) is 5.56 Å². The van der Waals surface area contributed by atoms with Gasteiger partial charge in [0.05, 0.1) is 25.4 Å². The van der Waals surface area contributed by atoms with Crippen molar-refractivity contribution in [3.63, 3.8) is 0 Å². The number of nitrogens with zero attached hydrogens (tertiary/aromatic N) is 3. The molecule has 36 heavy (non-hydrogen) atoms. The summed E-state index contributed by atoms with van der Waals surface area (Å²) in [4.78, 5) is 16.9. The average Bonchev–Trinajstić information content (AvgIpc) is 2.92. The highest BCUT2D eigenvalue weighted by Gasteiger charge is 2.47. The number of hydrogen-bond acceptors (Lipinski definition) is 7. The zero-order valence-corrected chi connectivity index (χ0v) is 20.8. The topological polar surface area (TPSA) is 103 Å². The SMILES string of the molecule is COc1ccc(CO[C@H]2[C@H](N=[N+]=[N-])[C@H](OC(=O)c3ccccc3)[C@H](C)O[C@@H]2Sc2ccccc2)cc1. The maximum Gasteiger partial charge on any atom is 0.338 e. The van der Waals surface area contributed by atoms with E-state index in [4.69, 9.17) is 18.9 Å². The number of carbonyl (C=O) groups excluding carboxylic acids is 1. The molecule has 0 spiro atoms. The number of rotatable bonds is 9. The van der Waals surface area contributed by atoms with Crippen LogP contribution in [0.25, 0.3) is 10.4 Å². The van der Waals surface area contributed by atoms with Gasteiger partial charge in [-0.2, -0.15) is 0 Å². The molecule has 0 aliphatic carbocycles. The molecule has 1 aliphatic rings. The summed E-state index contributed by atoms with van der Waals surface area (Å²) >= 11 is 1.47. The summed E-state index contributed by atoms with van der Waals surface area (Å²) in [6.07, 6.45) is -2.05. The molecule has 0 aromatic heterocycles. The Morgan fingerprint density at radius 1 is 1.00 bits per heavy atom. The molecule has 3 aromatic carbocycles. The predicted octanol–water partition coefficient (Wildman–Crippen LogP) is 6.02. The van der Waals surface area contributed by atoms with E-state index in [0.717, 1.165) is 16.2 Å². The Morgan fingerprint density at radius 3 is 2.31 bits per heavy atom. The summed E-state index contributed by atoms with van der Waals surface area (Å²) in [6, 6.07) is 25.2. The Labute approximate surface area is 214 Å². The van der Waals surface area contributed by atoms with Gasteiger partial charge in [-0.3, -0.25) is 0 Å². The van der Waals surface area contributed by atoms with Crippen LogP contribution >= 0.6 is 11.8 Å². The lowest BCUT2D eigenvalue weighted by molar-refractivity contribution is -0.164. The van der Waals surface area contributed by atoms with Gasteiger partial charge in [0, 0.05) is 9.81 Å². The van der Waals surface area contributed by atoms with Crippen molar-refractivity contribution >= 4 is 17.7 Å². The first kappa shape index (κ1) is 25.6. The standard InChI is InChI=1S/C27H27N3O5S/c1-18-24(35-26(31)20-9-5-3-6-10-20)23(29-30-28)25(27(34-18)36-22-11-7-4-8-12-22)33-17-19-13-15-21(32-2)16-14-19/h3-16,18,23-25,27H,17H2,1-2H3/t18-,23+,24+,25-,27+/m0/s1. The van der Waals surface area contributed by atoms with Crippen LogP contribution in [0, 0.1) is 0 Å². The molecule has 0 radical (unpaired) electrons. The van der Waals surface area contributed by atoms with Crippen LogP contribution in [0.2, 0.25) is 0 Å². The van der Waals surface area contributed by atoms with Gasteiger partial charge in [0.25, 0.3) is 0 Å². The first-order chi connectivity index (χ1) is 17.6. The van der Waals surface area contributed by atoms with Crippen LogP contribution < -0.4 is 4.74 Å². The molecular formula is C27H27N3O5S. The van der Waals surface area contributed by atoms with Crippen LogP contribution in [0.5, 0.6) is 5.75 Å². The van der Waals surface area contributed by atoms with E-state index in [1.807, 2.05) is 60.7 Å². The number of methoxy groups -OCH3 is 1. The molecule has 0 saturated carbocycles. The van der Waals surface area contributed by atoms with Crippen molar-refractivity contribution in [3.8, 4) is 5.75 Å². The van der Waals surface area contributed by atoms with Crippen molar-refractivity contribution in [3.05, 3.63) is 106 Å². The van der Waals surface area contributed by atoms with Crippen molar-refractivity contribution in [1.29, 1.82) is 0 Å². The van der Waals surface area contributed by atoms with Gasteiger partial charge in [-0.05, 0) is 54.4 Å². The maximum absolute atomic E-state index is 12.9. The quantitative estimate of drug-likeness (QED) is 0.152. The molecule has 1 aliphatic heterocycles. The molecule has 186 valence electrons. The smallest absolute Gasteiger partial charge is 0.338 e. The van der Waals surface area contributed by atoms with E-state index in [-0.39, 0.29) is 6.61 Å². The fourth-order valence-electron chi connectivity index (χ4n) is 3.93. The molecule has 0 unspecified atom stereocenters. The van der Waals surface area contributed by atoms with Crippen LogP contribution in [0.15, 0.2) is 94.9 Å². The Morgan fingerprint density at radius 2 is 1.67 bits per heavy atom. The van der Waals surface area contributed by atoms with Crippen LogP contribution in [0.3, 0.4) is 0 Å². The number of benzene rings is 3. The van der Waals surface area contributed by atoms with Crippen LogP contribution in [-0.4, -0.2) is 42.9 Å². The largest absolute Gasteiger partial charge is 0.497 e. The van der Waals surface area contributed by atoms with E-state index in [1.54, 1.807) is 38.3 Å². The molecule has 4 rings (SSSR count). The monoisotopic (exact) mass is 505 g/mol. The third-order valence-electron chi connectivity index (χ3n) is 5.79. The Kier molecular flexibility index (Phi) is 8.86. The van der Waals surface area contributed by atoms with Crippen LogP contribution in [-0.2, 0) is 20.8 Å². The third-order valence-corrected chi connectivity index (χ3v) is 6.94. The van der Waals surface area contributed by atoms with Crippen molar-refractivity contribution in [2.24, 2.45) is 5.11 Å². The highest BCUT2D eigenvalue weighted by atomic mass is 32.2. The molecular weight excluding hydrogens is 478 g/mol. The molecule has 0 amide bonds. The second-order valence-corrected chi connectivity index (χ2v) is 9.37. The van der Waals surface area contributed by atoms with Gasteiger partial charge in [0.15, 0.2) is 0 Å². The van der Waals surface area contributed by atoms with E-state index in [9.17, 15) is 10.3 Å². The van der Waals surface area contributed by atoms with Gasteiger partial charge in [-0.1, -0.05) is 65.4 Å². The number of ether oxygens (including phenoxy) is 4. The average molecular weight is 506 g/mol. The fraction of sp³-hybridized carbons (Fsp3) is 0.296. The van der Waals surface area contributed by atoms with Gasteiger partial charge in [0.1, 0.15) is 29.4 Å². The number of esters is 1. The molecule has 9 heteroatoms. The minimum atomic E-state index is -0.831. The second-order valence-electron chi connectivity index (χ2n) is 8.20. The highest BCUT2D eigenvalue weighted by molar-refractivity contribution is 7.99. The lowest BCUT2D eigenvalue weighted by Gasteiger charge is -2.43. The Hall–Kier alpha value is -3.49. The molecule has 0 bridgehead atoms. The van der Waals surface area contributed by atoms with Gasteiger partial charge in [0.2, 0.25) is 0 Å². The zero-order chi connectivity index (χ0) is 25.3. The van der Waals surface area contributed by atoms with E-state index in [1.165, 1.54) is 11.8 Å². The van der Waals surface area contributed by atoms with Crippen molar-refractivity contribution in [1.82, 2.24) is 0 Å². The van der Waals surface area contributed by atoms with Gasteiger partial charge in [-0.25, -0.2) is 4.79 Å². The summed E-state index contributed by atoms with van der Waals surface area (Å²) in [5.74, 6) is 0.225. The van der Waals surface area contributed by atoms with Crippen LogP contribution in [0.4, 0.5) is 0 Å². The third kappa shape index (κ3) is 6.38. The Bertz CT molecular complexity index is 1170. The summed E-state index contributed by atoms with van der Waals surface area (Å²) in [5, 5.41) is 4.04. The number of carbonyl (C=O) groups is 1. The van der Waals surface area contributed by atoms with Gasteiger partial charge in [-0.15, -0.1) is 0 Å². The van der Waals surface area contributed by atoms with Gasteiger partial charge < -0.3 is 18.9 Å². The van der Waals surface area contributed by atoms with Crippen molar-refractivity contribution < 1.29 is 23.7 Å². The first-order valence-corrected chi connectivity index (χ1v) is 12.4. The molecule has 5 atom stereocenters. The van der Waals surface area contributed by atoms with Crippen molar-refractivity contribution in [2.75, 3.05) is 7.11 Å². The number of hydrogen-bond donors (Lipinski definition) is 0. The zero-order valence-electron chi connectivity index (χ0n) is 20.0. The molecule has 3 aromatic rings. The predicted molar refractivity (Wildman–Crippen MR) is 137 cm³/mol. The molecule has 8 nitrogen and oxygen atoms in total. The second kappa shape index (κ2) is 12.5. The maximum atomic E-state index is 12.9. The molecule has 1 saturated heterocycles. The van der Waals surface area contributed by atoms with Crippen molar-refractivity contribution in [2.45, 2.75) is 48.2 Å².